The molecule has 3 aromatic carbocycles. The molecule has 0 aliphatic rings. The fraction of sp³-hybridized carbons (Fsp3) is 0.296. The van der Waals surface area contributed by atoms with Crippen molar-refractivity contribution in [1.29, 1.82) is 0 Å². The zero-order valence-electron chi connectivity index (χ0n) is 18.8. The number of rotatable bonds is 10. The van der Waals surface area contributed by atoms with Gasteiger partial charge in [0.25, 0.3) is 0 Å². The van der Waals surface area contributed by atoms with Crippen molar-refractivity contribution in [1.82, 2.24) is 0 Å². The molecule has 0 aliphatic heterocycles. The molecule has 0 aromatic heterocycles. The van der Waals surface area contributed by atoms with Crippen molar-refractivity contribution in [3.63, 3.8) is 0 Å². The van der Waals surface area contributed by atoms with Crippen LogP contribution in [-0.2, 0) is 11.8 Å². The van der Waals surface area contributed by atoms with Gasteiger partial charge in [-0.1, -0.05) is 83.1 Å². The highest BCUT2D eigenvalue weighted by Gasteiger charge is 2.34. The molecule has 3 rings (SSSR count). The van der Waals surface area contributed by atoms with E-state index >= 15 is 0 Å². The van der Waals surface area contributed by atoms with E-state index in [2.05, 4.69) is 45.0 Å². The van der Waals surface area contributed by atoms with Gasteiger partial charge in [-0.05, 0) is 42.3 Å². The van der Waals surface area contributed by atoms with Crippen molar-refractivity contribution >= 4 is 20.2 Å². The van der Waals surface area contributed by atoms with Crippen molar-refractivity contribution in [2.75, 3.05) is 7.11 Å². The highest BCUT2D eigenvalue weighted by atomic mass is 31.1. The number of carbonyl (C=O) groups is 1. The molecule has 0 radical (unpaired) electrons. The van der Waals surface area contributed by atoms with Crippen molar-refractivity contribution in [2.24, 2.45) is 0 Å². The fourth-order valence-corrected chi connectivity index (χ4v) is 5.74. The standard InChI is InChI=1S/C27H31O3P/c1-5-27(6-2,31-26-20(3)12-10-15-22(26)18-28)23-16-11-17-24(29-4)25(23)30-19-21-13-8-7-9-14-21/h7-18,31H,5-6,19H2,1-4H3. The molecule has 162 valence electrons. The smallest absolute Gasteiger partial charge is 0.165 e. The molecule has 0 fully saturated rings. The molecule has 1 atom stereocenters. The van der Waals surface area contributed by atoms with Crippen molar-refractivity contribution < 1.29 is 14.3 Å². The maximum atomic E-state index is 11.8. The SMILES string of the molecule is CCC(CC)(Pc1c(C)cccc1C=O)c1cccc(OC)c1OCc1ccccc1. The van der Waals surface area contributed by atoms with Crippen molar-refractivity contribution in [2.45, 2.75) is 45.4 Å². The first-order valence-corrected chi connectivity index (χ1v) is 11.8. The maximum Gasteiger partial charge on any atom is 0.165 e. The fourth-order valence-electron chi connectivity index (χ4n) is 4.01. The molecule has 1 unspecified atom stereocenters. The molecule has 0 saturated carbocycles. The summed E-state index contributed by atoms with van der Waals surface area (Å²) in [4.78, 5) is 11.8. The van der Waals surface area contributed by atoms with Crippen LogP contribution in [0.1, 0.15) is 53.7 Å². The minimum absolute atomic E-state index is 0.148. The Kier molecular flexibility index (Phi) is 7.87. The highest BCUT2D eigenvalue weighted by molar-refractivity contribution is 7.49. The molecule has 3 aromatic rings. The quantitative estimate of drug-likeness (QED) is 0.273. The number of ether oxygens (including phenoxy) is 2. The van der Waals surface area contributed by atoms with Gasteiger partial charge >= 0.3 is 0 Å². The number of benzene rings is 3. The molecule has 0 aliphatic carbocycles. The van der Waals surface area contributed by atoms with Crippen molar-refractivity contribution in [3.8, 4) is 11.5 Å². The molecule has 0 amide bonds. The van der Waals surface area contributed by atoms with Crippen LogP contribution >= 0.6 is 8.58 Å². The second-order valence-electron chi connectivity index (χ2n) is 7.68. The van der Waals surface area contributed by atoms with E-state index in [0.29, 0.717) is 15.2 Å². The first-order chi connectivity index (χ1) is 15.1. The van der Waals surface area contributed by atoms with E-state index < -0.39 is 0 Å². The Morgan fingerprint density at radius 1 is 0.935 bits per heavy atom. The number of para-hydroxylation sites is 1. The average molecular weight is 435 g/mol. The third-order valence-corrected chi connectivity index (χ3v) is 8.33. The summed E-state index contributed by atoms with van der Waals surface area (Å²) in [7, 11) is 2.13. The summed E-state index contributed by atoms with van der Waals surface area (Å²) in [5.41, 5.74) is 4.19. The molecule has 0 N–H and O–H groups in total. The monoisotopic (exact) mass is 434 g/mol. The number of aldehydes is 1. The summed E-state index contributed by atoms with van der Waals surface area (Å²) in [6.07, 6.45) is 2.84. The van der Waals surface area contributed by atoms with Gasteiger partial charge in [0.1, 0.15) is 6.61 Å². The molecule has 0 spiro atoms. The first kappa shape index (κ1) is 23.0. The number of methoxy groups -OCH3 is 1. The summed E-state index contributed by atoms with van der Waals surface area (Å²) in [5.74, 6) is 1.54. The highest BCUT2D eigenvalue weighted by Crippen LogP contribution is 2.52. The zero-order valence-corrected chi connectivity index (χ0v) is 19.8. The largest absolute Gasteiger partial charge is 0.493 e. The Morgan fingerprint density at radius 2 is 1.65 bits per heavy atom. The molecular weight excluding hydrogens is 403 g/mol. The number of hydrogen-bond acceptors (Lipinski definition) is 3. The predicted molar refractivity (Wildman–Crippen MR) is 131 cm³/mol. The minimum atomic E-state index is -0.148. The Morgan fingerprint density at radius 3 is 2.29 bits per heavy atom. The van der Waals surface area contributed by atoms with Gasteiger partial charge in [0.05, 0.1) is 7.11 Å². The minimum Gasteiger partial charge on any atom is -0.493 e. The molecule has 0 bridgehead atoms. The number of hydrogen-bond donors (Lipinski definition) is 0. The Balaban J connectivity index is 2.07. The second kappa shape index (κ2) is 10.6. The van der Waals surface area contributed by atoms with Gasteiger partial charge in [0.2, 0.25) is 0 Å². The summed E-state index contributed by atoms with van der Waals surface area (Å²) >= 11 is 0. The lowest BCUT2D eigenvalue weighted by Crippen LogP contribution is -2.25. The van der Waals surface area contributed by atoms with Gasteiger partial charge < -0.3 is 9.47 Å². The van der Waals surface area contributed by atoms with Crippen LogP contribution in [0.15, 0.2) is 66.7 Å². The summed E-state index contributed by atoms with van der Waals surface area (Å²) in [6.45, 7) is 7.00. The summed E-state index contributed by atoms with van der Waals surface area (Å²) in [5, 5.41) is 0.989. The normalized spacial score (nSPS) is 11.6. The third kappa shape index (κ3) is 4.99. The molecule has 0 heterocycles. The van der Waals surface area contributed by atoms with Gasteiger partial charge in [-0.25, -0.2) is 0 Å². The molecular formula is C27H31O3P. The van der Waals surface area contributed by atoms with Crippen LogP contribution < -0.4 is 14.8 Å². The van der Waals surface area contributed by atoms with Gasteiger partial charge in [-0.2, -0.15) is 0 Å². The van der Waals surface area contributed by atoms with Crippen LogP contribution in [0.25, 0.3) is 0 Å². The van der Waals surface area contributed by atoms with E-state index in [4.69, 9.17) is 9.47 Å². The Bertz CT molecular complexity index is 1010. The average Bonchev–Trinajstić information content (AvgIpc) is 2.82. The number of aryl methyl sites for hydroxylation is 1. The molecule has 4 heteroatoms. The van der Waals surface area contributed by atoms with E-state index in [1.807, 2.05) is 42.5 Å². The lowest BCUT2D eigenvalue weighted by Gasteiger charge is -2.35. The Hall–Kier alpha value is -2.64. The first-order valence-electron chi connectivity index (χ1n) is 10.8. The number of carbonyl (C=O) groups excluding carboxylic acids is 1. The van der Waals surface area contributed by atoms with Crippen LogP contribution in [0.3, 0.4) is 0 Å². The molecule has 3 nitrogen and oxygen atoms in total. The van der Waals surface area contributed by atoms with Crippen LogP contribution in [-0.4, -0.2) is 13.4 Å². The summed E-state index contributed by atoms with van der Waals surface area (Å²) < 4.78 is 12.1. The van der Waals surface area contributed by atoms with E-state index in [1.165, 1.54) is 0 Å². The maximum absolute atomic E-state index is 11.8. The van der Waals surface area contributed by atoms with E-state index in [1.54, 1.807) is 7.11 Å². The topological polar surface area (TPSA) is 35.5 Å². The summed E-state index contributed by atoms with van der Waals surface area (Å²) in [6, 6.07) is 22.3. The van der Waals surface area contributed by atoms with Crippen LogP contribution in [0.2, 0.25) is 0 Å². The van der Waals surface area contributed by atoms with Gasteiger partial charge in [0, 0.05) is 16.3 Å². The van der Waals surface area contributed by atoms with E-state index in [0.717, 1.165) is 58.2 Å². The van der Waals surface area contributed by atoms with Gasteiger partial charge in [-0.15, -0.1) is 0 Å². The van der Waals surface area contributed by atoms with Gasteiger partial charge in [0.15, 0.2) is 17.8 Å². The van der Waals surface area contributed by atoms with Gasteiger partial charge in [-0.3, -0.25) is 4.79 Å². The van der Waals surface area contributed by atoms with E-state index in [9.17, 15) is 4.79 Å². The van der Waals surface area contributed by atoms with Crippen LogP contribution in [0.4, 0.5) is 0 Å². The van der Waals surface area contributed by atoms with Crippen LogP contribution in [0, 0.1) is 6.92 Å². The predicted octanol–water partition coefficient (Wildman–Crippen LogP) is 6.41. The van der Waals surface area contributed by atoms with Crippen LogP contribution in [0.5, 0.6) is 11.5 Å². The molecule has 0 saturated heterocycles. The van der Waals surface area contributed by atoms with E-state index in [-0.39, 0.29) is 5.16 Å². The Labute approximate surface area is 187 Å². The van der Waals surface area contributed by atoms with Crippen molar-refractivity contribution in [3.05, 3.63) is 89.0 Å². The second-order valence-corrected chi connectivity index (χ2v) is 9.39. The zero-order chi connectivity index (χ0) is 22.3. The molecule has 31 heavy (non-hydrogen) atoms. The lowest BCUT2D eigenvalue weighted by molar-refractivity contribution is 0.112. The third-order valence-electron chi connectivity index (χ3n) is 5.94. The lowest BCUT2D eigenvalue weighted by atomic mass is 9.91.